The number of para-hydroxylation sites is 1. The molecule has 0 atom stereocenters. The average Bonchev–Trinajstić information content (AvgIpc) is 2.71. The number of rotatable bonds is 2. The predicted molar refractivity (Wildman–Crippen MR) is 71.6 cm³/mol. The molecule has 1 N–H and O–H groups in total. The minimum absolute atomic E-state index is 0.395. The molecule has 90 valence electrons. The smallest absolute Gasteiger partial charge is 0.265 e. The number of benzene rings is 1. The van der Waals surface area contributed by atoms with Crippen LogP contribution in [0.25, 0.3) is 22.1 Å². The van der Waals surface area contributed by atoms with Crippen molar-refractivity contribution in [1.82, 2.24) is 19.7 Å². The summed E-state index contributed by atoms with van der Waals surface area (Å²) in [6.07, 6.45) is 1.63. The lowest BCUT2D eigenvalue weighted by molar-refractivity contribution is 0.949. The van der Waals surface area contributed by atoms with Crippen LogP contribution in [0.3, 0.4) is 0 Å². The number of aromatic nitrogens is 4. The number of nitrogens with one attached hydrogen (secondary N) is 1. The average molecular weight is 240 g/mol. The van der Waals surface area contributed by atoms with Gasteiger partial charge in [-0.25, -0.2) is 5.43 Å². The molecule has 0 unspecified atom stereocenters. The molecule has 0 radical (unpaired) electrons. The van der Waals surface area contributed by atoms with Gasteiger partial charge in [-0.05, 0) is 13.0 Å². The van der Waals surface area contributed by atoms with Crippen LogP contribution in [0.1, 0.15) is 6.92 Å². The molecular weight excluding hydrogens is 228 g/mol. The van der Waals surface area contributed by atoms with Crippen LogP contribution in [-0.2, 0) is 7.05 Å². The summed E-state index contributed by atoms with van der Waals surface area (Å²) >= 11 is 0. The van der Waals surface area contributed by atoms with Crippen molar-refractivity contribution < 1.29 is 0 Å². The maximum Gasteiger partial charge on any atom is 0.265 e. The van der Waals surface area contributed by atoms with Gasteiger partial charge in [0.25, 0.3) is 5.95 Å². The molecule has 0 saturated heterocycles. The van der Waals surface area contributed by atoms with Crippen molar-refractivity contribution in [2.75, 3.05) is 5.43 Å². The predicted octanol–water partition coefficient (Wildman–Crippen LogP) is 1.93. The summed E-state index contributed by atoms with van der Waals surface area (Å²) < 4.78 is 2.00. The van der Waals surface area contributed by atoms with Crippen molar-refractivity contribution in [3.63, 3.8) is 0 Å². The Morgan fingerprint density at radius 2 is 2.11 bits per heavy atom. The molecule has 6 heteroatoms. The van der Waals surface area contributed by atoms with Gasteiger partial charge in [0.1, 0.15) is 5.52 Å². The molecule has 18 heavy (non-hydrogen) atoms. The zero-order chi connectivity index (χ0) is 12.5. The van der Waals surface area contributed by atoms with Crippen LogP contribution in [-0.4, -0.2) is 26.0 Å². The fraction of sp³-hybridized carbons (Fsp3) is 0.167. The van der Waals surface area contributed by atoms with E-state index in [1.807, 2.05) is 42.8 Å². The number of anilines is 1. The third-order valence-corrected chi connectivity index (χ3v) is 2.80. The molecule has 0 amide bonds. The Balaban J connectivity index is 2.28. The molecule has 2 aromatic heterocycles. The third kappa shape index (κ3) is 1.50. The zero-order valence-electron chi connectivity index (χ0n) is 10.1. The van der Waals surface area contributed by atoms with Crippen LogP contribution in [0, 0.1) is 0 Å². The highest BCUT2D eigenvalue weighted by Gasteiger charge is 2.11. The molecule has 6 nitrogen and oxygen atoms in total. The van der Waals surface area contributed by atoms with Gasteiger partial charge in [0.05, 0.1) is 5.52 Å². The molecular formula is C12H12N6. The summed E-state index contributed by atoms with van der Waals surface area (Å²) in [5.41, 5.74) is 5.41. The third-order valence-electron chi connectivity index (χ3n) is 2.80. The molecule has 3 rings (SSSR count). The largest absolute Gasteiger partial charge is 0.327 e. The Bertz CT molecular complexity index is 743. The minimum Gasteiger partial charge on any atom is -0.327 e. The molecule has 2 heterocycles. The molecule has 0 bridgehead atoms. The topological polar surface area (TPSA) is 68.0 Å². The standard InChI is InChI=1S/C12H12N6/c1-3-13-16-12-14-11-10(15-17-12)8-6-4-5-7-9(8)18(11)2/h3-7H,1-2H3,(H,14,16,17). The second-order valence-corrected chi connectivity index (χ2v) is 3.88. The molecule has 1 aromatic carbocycles. The maximum atomic E-state index is 4.41. The van der Waals surface area contributed by atoms with Crippen molar-refractivity contribution in [1.29, 1.82) is 0 Å². The van der Waals surface area contributed by atoms with Gasteiger partial charge in [-0.15, -0.1) is 10.2 Å². The summed E-state index contributed by atoms with van der Waals surface area (Å²) in [5, 5.41) is 13.2. The van der Waals surface area contributed by atoms with Crippen molar-refractivity contribution in [2.45, 2.75) is 6.92 Å². The normalized spacial score (nSPS) is 11.7. The maximum absolute atomic E-state index is 4.41. The van der Waals surface area contributed by atoms with Crippen molar-refractivity contribution >= 4 is 34.2 Å². The van der Waals surface area contributed by atoms with Gasteiger partial charge in [0.15, 0.2) is 5.65 Å². The van der Waals surface area contributed by atoms with Crippen molar-refractivity contribution in [2.24, 2.45) is 12.1 Å². The Kier molecular flexibility index (Phi) is 2.40. The molecule has 0 aliphatic heterocycles. The second kappa shape index (κ2) is 4.06. The number of nitrogens with zero attached hydrogens (tertiary/aromatic N) is 5. The van der Waals surface area contributed by atoms with Gasteiger partial charge >= 0.3 is 0 Å². The van der Waals surface area contributed by atoms with E-state index in [0.717, 1.165) is 22.1 Å². The summed E-state index contributed by atoms with van der Waals surface area (Å²) in [4.78, 5) is 4.41. The lowest BCUT2D eigenvalue weighted by Crippen LogP contribution is -2.00. The van der Waals surface area contributed by atoms with E-state index < -0.39 is 0 Å². The van der Waals surface area contributed by atoms with Crippen LogP contribution < -0.4 is 5.43 Å². The van der Waals surface area contributed by atoms with Crippen molar-refractivity contribution in [3.8, 4) is 0 Å². The lowest BCUT2D eigenvalue weighted by atomic mass is 10.2. The Morgan fingerprint density at radius 1 is 1.28 bits per heavy atom. The van der Waals surface area contributed by atoms with E-state index in [2.05, 4.69) is 25.7 Å². The van der Waals surface area contributed by atoms with Gasteiger partial charge in [0.2, 0.25) is 0 Å². The fourth-order valence-electron chi connectivity index (χ4n) is 1.98. The summed E-state index contributed by atoms with van der Waals surface area (Å²) in [7, 11) is 1.96. The number of hydrazone groups is 1. The number of hydrogen-bond acceptors (Lipinski definition) is 5. The van der Waals surface area contributed by atoms with Crippen LogP contribution in [0.2, 0.25) is 0 Å². The van der Waals surface area contributed by atoms with E-state index in [1.165, 1.54) is 0 Å². The lowest BCUT2D eigenvalue weighted by Gasteiger charge is -1.98. The molecule has 0 aliphatic rings. The second-order valence-electron chi connectivity index (χ2n) is 3.88. The number of aryl methyl sites for hydroxylation is 1. The summed E-state index contributed by atoms with van der Waals surface area (Å²) in [5.74, 6) is 0.395. The molecule has 0 spiro atoms. The van der Waals surface area contributed by atoms with E-state index in [9.17, 15) is 0 Å². The van der Waals surface area contributed by atoms with E-state index >= 15 is 0 Å². The SMILES string of the molecule is CC=NNc1nnc2c3ccccc3n(C)c2n1. The van der Waals surface area contributed by atoms with Gasteiger partial charge < -0.3 is 4.57 Å². The van der Waals surface area contributed by atoms with Gasteiger partial charge in [-0.1, -0.05) is 18.2 Å². The van der Waals surface area contributed by atoms with E-state index in [4.69, 9.17) is 0 Å². The van der Waals surface area contributed by atoms with Crippen molar-refractivity contribution in [3.05, 3.63) is 24.3 Å². The molecule has 0 aliphatic carbocycles. The van der Waals surface area contributed by atoms with Crippen LogP contribution in [0.5, 0.6) is 0 Å². The van der Waals surface area contributed by atoms with Crippen LogP contribution >= 0.6 is 0 Å². The first kappa shape index (κ1) is 10.6. The first-order valence-corrected chi connectivity index (χ1v) is 5.63. The van der Waals surface area contributed by atoms with Gasteiger partial charge in [-0.3, -0.25) is 0 Å². The zero-order valence-corrected chi connectivity index (χ0v) is 10.1. The van der Waals surface area contributed by atoms with Gasteiger partial charge in [0, 0.05) is 18.6 Å². The molecule has 3 aromatic rings. The molecule has 0 saturated carbocycles. The minimum atomic E-state index is 0.395. The van der Waals surface area contributed by atoms with Crippen LogP contribution in [0.15, 0.2) is 29.4 Å². The summed E-state index contributed by atoms with van der Waals surface area (Å²) in [6.45, 7) is 1.82. The summed E-state index contributed by atoms with van der Waals surface area (Å²) in [6, 6.07) is 8.04. The monoisotopic (exact) mass is 240 g/mol. The van der Waals surface area contributed by atoms with Crippen LogP contribution in [0.4, 0.5) is 5.95 Å². The first-order valence-electron chi connectivity index (χ1n) is 5.63. The Labute approximate surface area is 103 Å². The van der Waals surface area contributed by atoms with E-state index in [-0.39, 0.29) is 0 Å². The van der Waals surface area contributed by atoms with E-state index in [1.54, 1.807) is 6.21 Å². The van der Waals surface area contributed by atoms with E-state index in [0.29, 0.717) is 5.95 Å². The number of fused-ring (bicyclic) bond motifs is 3. The number of hydrogen-bond donors (Lipinski definition) is 1. The first-order chi connectivity index (χ1) is 8.81. The highest BCUT2D eigenvalue weighted by Crippen LogP contribution is 2.24. The van der Waals surface area contributed by atoms with Gasteiger partial charge in [-0.2, -0.15) is 10.1 Å². The molecule has 0 fully saturated rings. The quantitative estimate of drug-likeness (QED) is 0.549. The highest BCUT2D eigenvalue weighted by molar-refractivity contribution is 6.04. The fourth-order valence-corrected chi connectivity index (χ4v) is 1.98. The Morgan fingerprint density at radius 3 is 2.94 bits per heavy atom. The highest BCUT2D eigenvalue weighted by atomic mass is 15.4. The Hall–Kier alpha value is -2.50.